The maximum absolute atomic E-state index is 7.77. The zero-order valence-corrected chi connectivity index (χ0v) is 6.44. The third-order valence-electron chi connectivity index (χ3n) is 2.33. The number of hydrogen-bond acceptors (Lipinski definition) is 2. The van der Waals surface area contributed by atoms with Gasteiger partial charge in [-0.15, -0.1) is 0 Å². The van der Waals surface area contributed by atoms with Crippen LogP contribution in [0, 0.1) is 0 Å². The van der Waals surface area contributed by atoms with E-state index < -0.39 is 0 Å². The van der Waals surface area contributed by atoms with Crippen molar-refractivity contribution >= 4 is 17.1 Å². The zero-order valence-electron chi connectivity index (χ0n) is 10.4. The van der Waals surface area contributed by atoms with Gasteiger partial charge in [0.1, 0.15) is 0 Å². The van der Waals surface area contributed by atoms with Crippen LogP contribution in [0.4, 0.5) is 11.4 Å². The number of benzene rings is 1. The predicted octanol–water partition coefficient (Wildman–Crippen LogP) is 2.35. The summed E-state index contributed by atoms with van der Waals surface area (Å²) in [5.41, 5.74) is 1.80. The predicted molar refractivity (Wildman–Crippen MR) is 50.2 cm³/mol. The fraction of sp³-hybridized carbons (Fsp3) is 0.300. The molecule has 2 aliphatic rings. The average Bonchev–Trinajstić information content (AvgIpc) is 2.25. The van der Waals surface area contributed by atoms with Crippen LogP contribution in [0.25, 0.3) is 0 Å². The Hall–Kier alpha value is -1.31. The van der Waals surface area contributed by atoms with E-state index in [0.29, 0.717) is 11.4 Å². The molecule has 1 aromatic rings. The highest BCUT2D eigenvalue weighted by molar-refractivity contribution is 6.02. The quantitative estimate of drug-likeness (QED) is 0.622. The van der Waals surface area contributed by atoms with E-state index in [2.05, 4.69) is 10.3 Å². The minimum Gasteiger partial charge on any atom is -0.375 e. The lowest BCUT2D eigenvalue weighted by atomic mass is 9.88. The van der Waals surface area contributed by atoms with E-state index in [1.165, 1.54) is 0 Å². The van der Waals surface area contributed by atoms with Gasteiger partial charge in [-0.2, -0.15) is 0 Å². The van der Waals surface area contributed by atoms with Crippen LogP contribution in [0.5, 0.6) is 0 Å². The first-order valence-electron chi connectivity index (χ1n) is 6.04. The highest BCUT2D eigenvalue weighted by Gasteiger charge is 2.29. The van der Waals surface area contributed by atoms with Gasteiger partial charge in [-0.1, -0.05) is 12.1 Å². The van der Waals surface area contributed by atoms with Gasteiger partial charge in [0.05, 0.1) is 22.9 Å². The number of nitrogens with zero attached hydrogens (tertiary/aromatic N) is 1. The molecule has 3 rings (SSSR count). The second kappa shape index (κ2) is 2.09. The van der Waals surface area contributed by atoms with E-state index in [-0.39, 0.29) is 30.2 Å². The Morgan fingerprint density at radius 1 is 1.50 bits per heavy atom. The Morgan fingerprint density at radius 2 is 2.42 bits per heavy atom. The molecule has 1 aromatic carbocycles. The Labute approximate surface area is 76.9 Å². The molecule has 1 heterocycles. The smallest absolute Gasteiger partial charge is 0.0861 e. The second-order valence-corrected chi connectivity index (χ2v) is 3.06. The monoisotopic (exact) mass is 162 g/mol. The fourth-order valence-electron chi connectivity index (χ4n) is 1.52. The molecule has 1 aliphatic heterocycles. The van der Waals surface area contributed by atoms with Crippen molar-refractivity contribution in [2.45, 2.75) is 18.9 Å². The van der Waals surface area contributed by atoms with Crippen molar-refractivity contribution in [3.8, 4) is 0 Å². The Balaban J connectivity index is 2.29. The van der Waals surface area contributed by atoms with Crippen LogP contribution in [0.15, 0.2) is 29.2 Å². The standard InChI is InChI=1S/C10H10N2/c1-2-4-8-7(3-1)11-9-5-6-10(9)12-8/h1-4,9,11H,5-6H2/i1D,2D,3D,4D. The summed E-state index contributed by atoms with van der Waals surface area (Å²) in [4.78, 5) is 4.32. The van der Waals surface area contributed by atoms with Crippen LogP contribution in [-0.4, -0.2) is 11.8 Å². The van der Waals surface area contributed by atoms with Crippen molar-refractivity contribution in [3.05, 3.63) is 24.2 Å². The number of aliphatic imine (C=N–C) groups is 1. The van der Waals surface area contributed by atoms with Crippen molar-refractivity contribution in [2.75, 3.05) is 5.32 Å². The van der Waals surface area contributed by atoms with Gasteiger partial charge in [-0.25, -0.2) is 0 Å². The summed E-state index contributed by atoms with van der Waals surface area (Å²) in [6, 6.07) is -0.319. The Kier molecular flexibility index (Phi) is 0.629. The molecule has 1 aliphatic carbocycles. The lowest BCUT2D eigenvalue weighted by Gasteiger charge is -2.34. The zero-order chi connectivity index (χ0) is 11.4. The molecule has 0 amide bonds. The normalized spacial score (nSPS) is 29.0. The van der Waals surface area contributed by atoms with E-state index >= 15 is 0 Å². The first-order valence-corrected chi connectivity index (χ1v) is 4.04. The molecule has 0 aromatic heterocycles. The first-order chi connectivity index (χ1) is 7.59. The maximum Gasteiger partial charge on any atom is 0.0861 e. The molecule has 1 unspecified atom stereocenters. The van der Waals surface area contributed by atoms with Crippen LogP contribution in [-0.2, 0) is 0 Å². The van der Waals surface area contributed by atoms with Crippen LogP contribution in [0.3, 0.4) is 0 Å². The van der Waals surface area contributed by atoms with Gasteiger partial charge >= 0.3 is 0 Å². The van der Waals surface area contributed by atoms with Crippen LogP contribution >= 0.6 is 0 Å². The van der Waals surface area contributed by atoms with Gasteiger partial charge in [0.2, 0.25) is 0 Å². The van der Waals surface area contributed by atoms with E-state index in [1.54, 1.807) is 0 Å². The van der Waals surface area contributed by atoms with Gasteiger partial charge in [0, 0.05) is 5.71 Å². The molecule has 1 fully saturated rings. The molecule has 1 saturated carbocycles. The largest absolute Gasteiger partial charge is 0.375 e. The highest BCUT2D eigenvalue weighted by atomic mass is 15.0. The summed E-state index contributed by atoms with van der Waals surface area (Å²) in [6.07, 6.45) is 1.90. The van der Waals surface area contributed by atoms with Crippen molar-refractivity contribution in [1.82, 2.24) is 0 Å². The molecule has 0 radical (unpaired) electrons. The van der Waals surface area contributed by atoms with E-state index in [0.717, 1.165) is 18.6 Å². The second-order valence-electron chi connectivity index (χ2n) is 3.06. The third-order valence-corrected chi connectivity index (χ3v) is 2.33. The minimum absolute atomic E-state index is 0.0225. The molecule has 1 atom stereocenters. The van der Waals surface area contributed by atoms with Crippen LogP contribution < -0.4 is 5.32 Å². The summed E-state index contributed by atoms with van der Waals surface area (Å²) >= 11 is 0. The van der Waals surface area contributed by atoms with Gasteiger partial charge in [0.25, 0.3) is 0 Å². The van der Waals surface area contributed by atoms with Crippen molar-refractivity contribution in [1.29, 1.82) is 0 Å². The number of rotatable bonds is 0. The van der Waals surface area contributed by atoms with Gasteiger partial charge in [-0.05, 0) is 24.9 Å². The summed E-state index contributed by atoms with van der Waals surface area (Å²) < 4.78 is 30.7. The molecular formula is C10H10N2. The van der Waals surface area contributed by atoms with Crippen LogP contribution in [0.1, 0.15) is 18.3 Å². The van der Waals surface area contributed by atoms with Crippen molar-refractivity contribution in [2.24, 2.45) is 4.99 Å². The first kappa shape index (κ1) is 3.60. The summed E-state index contributed by atoms with van der Waals surface area (Å²) in [6.45, 7) is 0. The Morgan fingerprint density at radius 3 is 3.25 bits per heavy atom. The van der Waals surface area contributed by atoms with E-state index in [1.807, 2.05) is 0 Å². The fourth-order valence-corrected chi connectivity index (χ4v) is 1.52. The molecular weight excluding hydrogens is 148 g/mol. The molecule has 0 saturated heterocycles. The molecule has 2 nitrogen and oxygen atoms in total. The van der Waals surface area contributed by atoms with E-state index in [9.17, 15) is 0 Å². The van der Waals surface area contributed by atoms with Gasteiger partial charge < -0.3 is 5.32 Å². The summed E-state index contributed by atoms with van der Waals surface area (Å²) in [5, 5.41) is 3.13. The molecule has 60 valence electrons. The summed E-state index contributed by atoms with van der Waals surface area (Å²) in [5.74, 6) is 0. The SMILES string of the molecule is [2H]c1c([2H])c([2H])c2c(c1[2H])N=C1CCC1N2. The number of fused-ring (bicyclic) bond motifs is 2. The molecule has 12 heavy (non-hydrogen) atoms. The van der Waals surface area contributed by atoms with Crippen LogP contribution in [0.2, 0.25) is 0 Å². The Bertz CT molecular complexity index is 524. The number of para-hydroxylation sites is 2. The third kappa shape index (κ3) is 0.721. The number of hydrogen-bond donors (Lipinski definition) is 1. The van der Waals surface area contributed by atoms with Crippen molar-refractivity contribution in [3.63, 3.8) is 0 Å². The topological polar surface area (TPSA) is 24.4 Å². The van der Waals surface area contributed by atoms with E-state index in [4.69, 9.17) is 5.48 Å². The average molecular weight is 162 g/mol. The number of anilines is 1. The van der Waals surface area contributed by atoms with Gasteiger partial charge in [0.15, 0.2) is 0 Å². The van der Waals surface area contributed by atoms with Crippen molar-refractivity contribution < 1.29 is 5.48 Å². The maximum atomic E-state index is 7.77. The molecule has 1 N–H and O–H groups in total. The lowest BCUT2D eigenvalue weighted by Crippen LogP contribution is -2.40. The minimum atomic E-state index is -0.215. The lowest BCUT2D eigenvalue weighted by molar-refractivity contribution is 0.710. The molecule has 0 bridgehead atoms. The molecule has 2 heteroatoms. The summed E-state index contributed by atoms with van der Waals surface area (Å²) in [7, 11) is 0. The van der Waals surface area contributed by atoms with Gasteiger partial charge in [-0.3, -0.25) is 4.99 Å². The highest BCUT2D eigenvalue weighted by Crippen LogP contribution is 2.35. The number of nitrogens with one attached hydrogen (secondary N) is 1. The molecule has 0 spiro atoms.